The molecule has 0 fully saturated rings. The van der Waals surface area contributed by atoms with E-state index in [1.54, 1.807) is 12.1 Å². The van der Waals surface area contributed by atoms with Crippen LogP contribution in [0.1, 0.15) is 12.0 Å². The maximum Gasteiger partial charge on any atom is 0.277 e. The highest BCUT2D eigenvalue weighted by molar-refractivity contribution is 7.99. The Kier molecular flexibility index (Phi) is 7.33. The van der Waals surface area contributed by atoms with Gasteiger partial charge in [-0.05, 0) is 43.2 Å². The zero-order chi connectivity index (χ0) is 19.8. The van der Waals surface area contributed by atoms with Crippen molar-refractivity contribution in [3.63, 3.8) is 0 Å². The molecule has 0 atom stereocenters. The molecular formula is C20H20ClN3O3S. The number of carbonyl (C=O) groups is 1. The van der Waals surface area contributed by atoms with Crippen LogP contribution in [-0.4, -0.2) is 35.0 Å². The topological polar surface area (TPSA) is 77.2 Å². The average molecular weight is 418 g/mol. The van der Waals surface area contributed by atoms with E-state index in [2.05, 4.69) is 15.5 Å². The summed E-state index contributed by atoms with van der Waals surface area (Å²) in [5.41, 5.74) is 1.82. The van der Waals surface area contributed by atoms with Gasteiger partial charge in [-0.2, -0.15) is 0 Å². The molecule has 0 aliphatic rings. The number of thioether (sulfide) groups is 1. The lowest BCUT2D eigenvalue weighted by Gasteiger charge is -2.07. The summed E-state index contributed by atoms with van der Waals surface area (Å²) in [5, 5.41) is 11.6. The Balaban J connectivity index is 1.35. The molecule has 1 N–H and O–H groups in total. The van der Waals surface area contributed by atoms with Crippen LogP contribution in [0, 0.1) is 6.92 Å². The van der Waals surface area contributed by atoms with Gasteiger partial charge < -0.3 is 14.5 Å². The van der Waals surface area contributed by atoms with Gasteiger partial charge in [0, 0.05) is 6.54 Å². The second-order valence-electron chi connectivity index (χ2n) is 6.01. The van der Waals surface area contributed by atoms with Crippen LogP contribution < -0.4 is 10.1 Å². The van der Waals surface area contributed by atoms with E-state index in [0.717, 1.165) is 17.7 Å². The number of nitrogens with one attached hydrogen (secondary N) is 1. The molecule has 0 spiro atoms. The standard InChI is InChI=1S/C20H20ClN3O3S/c1-14-6-4-7-15(12-14)26-11-5-10-22-18(25)13-28-20-24-23-19(27-20)16-8-2-3-9-17(16)21/h2-4,6-9,12H,5,10-11,13H2,1H3,(H,22,25). The van der Waals surface area contributed by atoms with Gasteiger partial charge in [-0.3, -0.25) is 4.79 Å². The molecule has 28 heavy (non-hydrogen) atoms. The molecule has 0 aliphatic heterocycles. The summed E-state index contributed by atoms with van der Waals surface area (Å²) in [5.74, 6) is 1.27. The van der Waals surface area contributed by atoms with Crippen molar-refractivity contribution in [3.05, 3.63) is 59.1 Å². The van der Waals surface area contributed by atoms with Crippen LogP contribution in [0.25, 0.3) is 11.5 Å². The van der Waals surface area contributed by atoms with Crippen molar-refractivity contribution in [3.8, 4) is 17.2 Å². The normalized spacial score (nSPS) is 10.6. The zero-order valence-electron chi connectivity index (χ0n) is 15.4. The molecule has 1 aromatic heterocycles. The summed E-state index contributed by atoms with van der Waals surface area (Å²) in [4.78, 5) is 11.9. The van der Waals surface area contributed by atoms with Gasteiger partial charge in [-0.15, -0.1) is 10.2 Å². The molecule has 0 aliphatic carbocycles. The first-order chi connectivity index (χ1) is 13.6. The van der Waals surface area contributed by atoms with Crippen molar-refractivity contribution in [2.24, 2.45) is 0 Å². The van der Waals surface area contributed by atoms with Crippen LogP contribution in [0.5, 0.6) is 5.75 Å². The molecule has 146 valence electrons. The third kappa shape index (κ3) is 6.00. The predicted molar refractivity (Wildman–Crippen MR) is 110 cm³/mol. The number of benzene rings is 2. The average Bonchev–Trinajstić information content (AvgIpc) is 3.15. The highest BCUT2D eigenvalue weighted by Crippen LogP contribution is 2.28. The number of carbonyl (C=O) groups excluding carboxylic acids is 1. The lowest BCUT2D eigenvalue weighted by molar-refractivity contribution is -0.118. The molecular weight excluding hydrogens is 398 g/mol. The van der Waals surface area contributed by atoms with Gasteiger partial charge in [0.25, 0.3) is 5.22 Å². The fraction of sp³-hybridized carbons (Fsp3) is 0.250. The Hall–Kier alpha value is -2.51. The fourth-order valence-corrected chi connectivity index (χ4v) is 3.19. The van der Waals surface area contributed by atoms with E-state index in [1.165, 1.54) is 11.8 Å². The fourth-order valence-electron chi connectivity index (χ4n) is 2.39. The van der Waals surface area contributed by atoms with Crippen molar-refractivity contribution >= 4 is 29.3 Å². The molecule has 1 heterocycles. The third-order valence-corrected chi connectivity index (χ3v) is 4.89. The summed E-state index contributed by atoms with van der Waals surface area (Å²) < 4.78 is 11.2. The number of nitrogens with zero attached hydrogens (tertiary/aromatic N) is 2. The second-order valence-corrected chi connectivity index (χ2v) is 7.34. The molecule has 1 amide bonds. The van der Waals surface area contributed by atoms with Crippen LogP contribution in [0.4, 0.5) is 0 Å². The number of aromatic nitrogens is 2. The van der Waals surface area contributed by atoms with Crippen molar-refractivity contribution in [2.45, 2.75) is 18.6 Å². The van der Waals surface area contributed by atoms with Crippen LogP contribution in [-0.2, 0) is 4.79 Å². The van der Waals surface area contributed by atoms with Crippen molar-refractivity contribution in [1.29, 1.82) is 0 Å². The number of ether oxygens (including phenoxy) is 1. The summed E-state index contributed by atoms with van der Waals surface area (Å²) in [6.45, 7) is 3.10. The molecule has 3 aromatic rings. The van der Waals surface area contributed by atoms with Crippen molar-refractivity contribution in [2.75, 3.05) is 18.9 Å². The van der Waals surface area contributed by atoms with E-state index < -0.39 is 0 Å². The van der Waals surface area contributed by atoms with E-state index in [0.29, 0.717) is 34.9 Å². The predicted octanol–water partition coefficient (Wildman–Crippen LogP) is 4.38. The minimum Gasteiger partial charge on any atom is -0.494 e. The summed E-state index contributed by atoms with van der Waals surface area (Å²) in [7, 11) is 0. The van der Waals surface area contributed by atoms with Crippen molar-refractivity contribution < 1.29 is 13.9 Å². The van der Waals surface area contributed by atoms with Crippen molar-refractivity contribution in [1.82, 2.24) is 15.5 Å². The molecule has 2 aromatic carbocycles. The molecule has 0 saturated carbocycles. The number of hydrogen-bond donors (Lipinski definition) is 1. The lowest BCUT2D eigenvalue weighted by Crippen LogP contribution is -2.27. The largest absolute Gasteiger partial charge is 0.494 e. The number of amides is 1. The van der Waals surface area contributed by atoms with E-state index in [1.807, 2.05) is 43.3 Å². The monoisotopic (exact) mass is 417 g/mol. The van der Waals surface area contributed by atoms with Gasteiger partial charge in [0.05, 0.1) is 22.9 Å². The van der Waals surface area contributed by atoms with E-state index in [-0.39, 0.29) is 11.7 Å². The minimum atomic E-state index is -0.0990. The molecule has 6 nitrogen and oxygen atoms in total. The number of rotatable bonds is 9. The maximum absolute atomic E-state index is 11.9. The molecule has 3 rings (SSSR count). The van der Waals surface area contributed by atoms with E-state index in [9.17, 15) is 4.79 Å². The first-order valence-corrected chi connectivity index (χ1v) is 10.2. The SMILES string of the molecule is Cc1cccc(OCCCNC(=O)CSc2nnc(-c3ccccc3Cl)o2)c1. The highest BCUT2D eigenvalue weighted by atomic mass is 35.5. The first kappa shape index (κ1) is 20.2. The van der Waals surface area contributed by atoms with Gasteiger partial charge in [0.15, 0.2) is 0 Å². The highest BCUT2D eigenvalue weighted by Gasteiger charge is 2.13. The Morgan fingerprint density at radius 2 is 2.07 bits per heavy atom. The second kappa shape index (κ2) is 10.1. The molecule has 0 bridgehead atoms. The van der Waals surface area contributed by atoms with Crippen LogP contribution in [0.15, 0.2) is 58.2 Å². The van der Waals surface area contributed by atoms with Gasteiger partial charge in [0.1, 0.15) is 5.75 Å². The van der Waals surface area contributed by atoms with E-state index in [4.69, 9.17) is 20.8 Å². The summed E-state index contributed by atoms with van der Waals surface area (Å²) in [6.07, 6.45) is 0.724. The summed E-state index contributed by atoms with van der Waals surface area (Å²) in [6, 6.07) is 15.1. The van der Waals surface area contributed by atoms with Crippen LogP contribution in [0.2, 0.25) is 5.02 Å². The summed E-state index contributed by atoms with van der Waals surface area (Å²) >= 11 is 7.30. The number of hydrogen-bond acceptors (Lipinski definition) is 6. The Morgan fingerprint density at radius 1 is 1.21 bits per heavy atom. The van der Waals surface area contributed by atoms with Gasteiger partial charge in [0.2, 0.25) is 11.8 Å². The zero-order valence-corrected chi connectivity index (χ0v) is 16.9. The molecule has 0 saturated heterocycles. The third-order valence-electron chi connectivity index (χ3n) is 3.74. The number of halogens is 1. The van der Waals surface area contributed by atoms with Gasteiger partial charge in [-0.1, -0.05) is 47.6 Å². The van der Waals surface area contributed by atoms with E-state index >= 15 is 0 Å². The van der Waals surface area contributed by atoms with Gasteiger partial charge in [-0.25, -0.2) is 0 Å². The smallest absolute Gasteiger partial charge is 0.277 e. The van der Waals surface area contributed by atoms with Crippen LogP contribution >= 0.6 is 23.4 Å². The molecule has 0 radical (unpaired) electrons. The van der Waals surface area contributed by atoms with Gasteiger partial charge >= 0.3 is 0 Å². The first-order valence-electron chi connectivity index (χ1n) is 8.79. The minimum absolute atomic E-state index is 0.0990. The molecule has 0 unspecified atom stereocenters. The Bertz CT molecular complexity index is 932. The lowest BCUT2D eigenvalue weighted by atomic mass is 10.2. The Morgan fingerprint density at radius 3 is 2.89 bits per heavy atom. The maximum atomic E-state index is 11.9. The van der Waals surface area contributed by atoms with Crippen LogP contribution in [0.3, 0.4) is 0 Å². The molecule has 8 heteroatoms. The quantitative estimate of drug-likeness (QED) is 0.411. The Labute approximate surface area is 172 Å². The number of aryl methyl sites for hydroxylation is 1.